The van der Waals surface area contributed by atoms with Crippen LogP contribution in [0, 0.1) is 6.92 Å². The molecule has 2 aromatic heterocycles. The summed E-state index contributed by atoms with van der Waals surface area (Å²) in [5, 5.41) is 7.27. The van der Waals surface area contributed by atoms with Crippen LogP contribution in [-0.4, -0.2) is 56.9 Å². The highest BCUT2D eigenvalue weighted by Crippen LogP contribution is 2.24. The first-order chi connectivity index (χ1) is 14.8. The van der Waals surface area contributed by atoms with Crippen molar-refractivity contribution in [3.05, 3.63) is 60.2 Å². The minimum atomic E-state index is -0.0701. The Kier molecular flexibility index (Phi) is 5.63. The van der Waals surface area contributed by atoms with Crippen molar-refractivity contribution in [1.29, 1.82) is 0 Å². The Morgan fingerprint density at radius 1 is 1.00 bits per heavy atom. The predicted octanol–water partition coefficient (Wildman–Crippen LogP) is 3.62. The van der Waals surface area contributed by atoms with E-state index < -0.39 is 0 Å². The van der Waals surface area contributed by atoms with Crippen LogP contribution in [0.4, 0.5) is 16.3 Å². The number of urea groups is 1. The second-order valence-corrected chi connectivity index (χ2v) is 8.81. The number of rotatable bonds is 3. The molecule has 8 nitrogen and oxygen atoms in total. The third-order valence-corrected chi connectivity index (χ3v) is 5.44. The molecule has 31 heavy (non-hydrogen) atoms. The summed E-state index contributed by atoms with van der Waals surface area (Å²) >= 11 is 0. The normalized spacial score (nSPS) is 14.6. The van der Waals surface area contributed by atoms with E-state index in [0.29, 0.717) is 32.0 Å². The van der Waals surface area contributed by atoms with Gasteiger partial charge in [-0.3, -0.25) is 0 Å². The first-order valence-electron chi connectivity index (χ1n) is 10.6. The lowest BCUT2D eigenvalue weighted by Gasteiger charge is -2.35. The Hall–Kier alpha value is -3.42. The van der Waals surface area contributed by atoms with Crippen LogP contribution in [0.15, 0.2) is 48.8 Å². The lowest BCUT2D eigenvalue weighted by Crippen LogP contribution is -2.50. The van der Waals surface area contributed by atoms with Gasteiger partial charge >= 0.3 is 6.03 Å². The molecule has 1 N–H and O–H groups in total. The van der Waals surface area contributed by atoms with Crippen LogP contribution in [0.3, 0.4) is 0 Å². The molecule has 0 bridgehead atoms. The fraction of sp³-hybridized carbons (Fsp3) is 0.391. The number of piperazine rings is 1. The van der Waals surface area contributed by atoms with Gasteiger partial charge in [-0.2, -0.15) is 5.10 Å². The highest BCUT2D eigenvalue weighted by atomic mass is 16.2. The van der Waals surface area contributed by atoms with E-state index in [-0.39, 0.29) is 11.4 Å². The van der Waals surface area contributed by atoms with E-state index in [9.17, 15) is 4.79 Å². The van der Waals surface area contributed by atoms with Crippen LogP contribution in [0.1, 0.15) is 32.2 Å². The second-order valence-electron chi connectivity index (χ2n) is 8.81. The van der Waals surface area contributed by atoms with Crippen LogP contribution >= 0.6 is 0 Å². The SMILES string of the molecule is Cc1nc(N2CCN(C(=O)Nc3ccc(C(C)(C)C)cc3)CC2)cc(-n2cccn2)n1. The van der Waals surface area contributed by atoms with Crippen LogP contribution in [0.25, 0.3) is 5.82 Å². The van der Waals surface area contributed by atoms with Crippen molar-refractivity contribution >= 4 is 17.5 Å². The molecule has 3 aromatic rings. The molecular weight excluding hydrogens is 390 g/mol. The summed E-state index contributed by atoms with van der Waals surface area (Å²) in [5.41, 5.74) is 2.15. The van der Waals surface area contributed by atoms with Crippen molar-refractivity contribution < 1.29 is 4.79 Å². The smallest absolute Gasteiger partial charge is 0.321 e. The number of hydrogen-bond donors (Lipinski definition) is 1. The second kappa shape index (κ2) is 8.37. The van der Waals surface area contributed by atoms with Gasteiger partial charge in [0.2, 0.25) is 0 Å². The molecule has 0 saturated carbocycles. The van der Waals surface area contributed by atoms with Gasteiger partial charge in [0.05, 0.1) is 0 Å². The monoisotopic (exact) mass is 419 g/mol. The maximum absolute atomic E-state index is 12.7. The van der Waals surface area contributed by atoms with E-state index >= 15 is 0 Å². The first-order valence-corrected chi connectivity index (χ1v) is 10.6. The fourth-order valence-electron chi connectivity index (χ4n) is 3.62. The molecule has 1 saturated heterocycles. The first kappa shape index (κ1) is 20.8. The van der Waals surface area contributed by atoms with Crippen molar-refractivity contribution in [2.45, 2.75) is 33.1 Å². The number of carbonyl (C=O) groups is 1. The maximum atomic E-state index is 12.7. The van der Waals surface area contributed by atoms with Gasteiger partial charge < -0.3 is 15.1 Å². The van der Waals surface area contributed by atoms with Crippen molar-refractivity contribution in [2.75, 3.05) is 36.4 Å². The molecule has 0 unspecified atom stereocenters. The number of carbonyl (C=O) groups excluding carboxylic acids is 1. The van der Waals surface area contributed by atoms with E-state index in [0.717, 1.165) is 17.3 Å². The molecule has 1 aromatic carbocycles. The molecule has 8 heteroatoms. The standard InChI is InChI=1S/C23H29N7O/c1-17-25-20(16-21(26-17)30-11-5-10-24-30)28-12-14-29(15-13-28)22(31)27-19-8-6-18(7-9-19)23(2,3)4/h5-11,16H,12-15H2,1-4H3,(H,27,31). The third kappa shape index (κ3) is 4.84. The molecule has 1 fully saturated rings. The lowest BCUT2D eigenvalue weighted by atomic mass is 9.87. The Morgan fingerprint density at radius 2 is 1.68 bits per heavy atom. The van der Waals surface area contributed by atoms with Crippen molar-refractivity contribution in [3.8, 4) is 5.82 Å². The Bertz CT molecular complexity index is 1030. The molecule has 0 spiro atoms. The van der Waals surface area contributed by atoms with Crippen molar-refractivity contribution in [1.82, 2.24) is 24.6 Å². The maximum Gasteiger partial charge on any atom is 0.321 e. The van der Waals surface area contributed by atoms with E-state index in [4.69, 9.17) is 0 Å². The van der Waals surface area contributed by atoms with Crippen molar-refractivity contribution in [2.24, 2.45) is 0 Å². The average Bonchev–Trinajstić information content (AvgIpc) is 3.28. The topological polar surface area (TPSA) is 79.2 Å². The zero-order valence-corrected chi connectivity index (χ0v) is 18.5. The predicted molar refractivity (Wildman–Crippen MR) is 122 cm³/mol. The number of nitrogens with zero attached hydrogens (tertiary/aromatic N) is 6. The molecule has 3 heterocycles. The fourth-order valence-corrected chi connectivity index (χ4v) is 3.62. The molecule has 1 aliphatic rings. The largest absolute Gasteiger partial charge is 0.353 e. The van der Waals surface area contributed by atoms with Gasteiger partial charge in [-0.1, -0.05) is 32.9 Å². The summed E-state index contributed by atoms with van der Waals surface area (Å²) in [6.45, 7) is 11.1. The highest BCUT2D eigenvalue weighted by Gasteiger charge is 2.23. The molecule has 1 aliphatic heterocycles. The zero-order chi connectivity index (χ0) is 22.0. The number of aromatic nitrogens is 4. The lowest BCUT2D eigenvalue weighted by molar-refractivity contribution is 0.208. The summed E-state index contributed by atoms with van der Waals surface area (Å²) < 4.78 is 1.73. The summed E-state index contributed by atoms with van der Waals surface area (Å²) in [6, 6.07) is 11.8. The van der Waals surface area contributed by atoms with E-state index in [1.165, 1.54) is 5.56 Å². The molecule has 4 rings (SSSR count). The van der Waals surface area contributed by atoms with Gasteiger partial charge in [-0.15, -0.1) is 0 Å². The molecule has 0 aliphatic carbocycles. The van der Waals surface area contributed by atoms with E-state index in [2.05, 4.69) is 58.2 Å². The number of anilines is 2. The van der Waals surface area contributed by atoms with Gasteiger partial charge in [0.25, 0.3) is 0 Å². The van der Waals surface area contributed by atoms with Gasteiger partial charge in [0, 0.05) is 50.3 Å². The van der Waals surface area contributed by atoms with Gasteiger partial charge in [-0.05, 0) is 36.1 Å². The number of benzene rings is 1. The highest BCUT2D eigenvalue weighted by molar-refractivity contribution is 5.89. The van der Waals surface area contributed by atoms with Gasteiger partial charge in [0.15, 0.2) is 5.82 Å². The van der Waals surface area contributed by atoms with Gasteiger partial charge in [-0.25, -0.2) is 19.4 Å². The molecule has 2 amide bonds. The molecule has 162 valence electrons. The minimum Gasteiger partial charge on any atom is -0.353 e. The Morgan fingerprint density at radius 3 is 2.29 bits per heavy atom. The molecular formula is C23H29N7O. The Labute approximate surface area is 182 Å². The van der Waals surface area contributed by atoms with Crippen molar-refractivity contribution in [3.63, 3.8) is 0 Å². The Balaban J connectivity index is 1.37. The number of amides is 2. The summed E-state index contributed by atoms with van der Waals surface area (Å²) in [7, 11) is 0. The van der Waals surface area contributed by atoms with E-state index in [1.54, 1.807) is 10.9 Å². The van der Waals surface area contributed by atoms with Crippen LogP contribution in [0.5, 0.6) is 0 Å². The number of aryl methyl sites for hydroxylation is 1. The minimum absolute atomic E-state index is 0.0701. The number of nitrogens with one attached hydrogen (secondary N) is 1. The molecule has 0 atom stereocenters. The van der Waals surface area contributed by atoms with Crippen LogP contribution in [0.2, 0.25) is 0 Å². The van der Waals surface area contributed by atoms with Gasteiger partial charge in [0.1, 0.15) is 11.6 Å². The van der Waals surface area contributed by atoms with Crippen LogP contribution < -0.4 is 10.2 Å². The van der Waals surface area contributed by atoms with Crippen LogP contribution in [-0.2, 0) is 5.41 Å². The summed E-state index contributed by atoms with van der Waals surface area (Å²) in [5.74, 6) is 2.30. The zero-order valence-electron chi connectivity index (χ0n) is 18.5. The quantitative estimate of drug-likeness (QED) is 0.701. The molecule has 0 radical (unpaired) electrons. The summed E-state index contributed by atoms with van der Waals surface area (Å²) in [6.07, 6.45) is 3.59. The number of hydrogen-bond acceptors (Lipinski definition) is 5. The van der Waals surface area contributed by atoms with E-state index in [1.807, 2.05) is 42.3 Å². The third-order valence-electron chi connectivity index (χ3n) is 5.44. The average molecular weight is 420 g/mol. The summed E-state index contributed by atoms with van der Waals surface area (Å²) in [4.78, 5) is 25.8.